The Hall–Kier alpha value is -0.590. The molecule has 0 spiro atoms. The highest BCUT2D eigenvalue weighted by Crippen LogP contribution is 2.44. The molecule has 92 valence electrons. The van der Waals surface area contributed by atoms with Crippen LogP contribution in [-0.2, 0) is 0 Å². The Kier molecular flexibility index (Phi) is 4.76. The normalized spacial score (nSPS) is 18.1. The Morgan fingerprint density at radius 3 is 2.56 bits per heavy atom. The number of aliphatic hydroxyl groups excluding tert-OH is 1. The van der Waals surface area contributed by atoms with E-state index in [1.165, 1.54) is 0 Å². The number of nitriles is 1. The third-order valence-corrected chi connectivity index (χ3v) is 3.50. The Bertz CT molecular complexity index is 251. The van der Waals surface area contributed by atoms with Crippen molar-refractivity contribution >= 4 is 0 Å². The standard InChI is InChI=1S/C13H24N2O/c1-12(2,9-14)5-3-4-8-15-10-13(11-16)6-7-13/h15-16H,3-8,10-11H2,1-2H3. The zero-order chi connectivity index (χ0) is 12.1. The first kappa shape index (κ1) is 13.5. The molecule has 2 N–H and O–H groups in total. The quantitative estimate of drug-likeness (QED) is 0.621. The Morgan fingerprint density at radius 2 is 2.06 bits per heavy atom. The number of nitrogens with one attached hydrogen (secondary N) is 1. The molecular formula is C13H24N2O. The van der Waals surface area contributed by atoms with Crippen LogP contribution in [0.3, 0.4) is 0 Å². The van der Waals surface area contributed by atoms with Crippen LogP contribution in [0.2, 0.25) is 0 Å². The van der Waals surface area contributed by atoms with Gasteiger partial charge in [-0.2, -0.15) is 5.26 Å². The molecule has 0 unspecified atom stereocenters. The summed E-state index contributed by atoms with van der Waals surface area (Å²) in [6, 6.07) is 2.32. The molecule has 0 aromatic carbocycles. The van der Waals surface area contributed by atoms with E-state index >= 15 is 0 Å². The highest BCUT2D eigenvalue weighted by molar-refractivity contribution is 4.94. The third-order valence-electron chi connectivity index (χ3n) is 3.50. The van der Waals surface area contributed by atoms with Crippen molar-refractivity contribution in [1.82, 2.24) is 5.32 Å². The maximum absolute atomic E-state index is 9.12. The van der Waals surface area contributed by atoms with Crippen molar-refractivity contribution in [2.45, 2.75) is 46.0 Å². The van der Waals surface area contributed by atoms with Crippen LogP contribution in [0.5, 0.6) is 0 Å². The predicted molar refractivity (Wildman–Crippen MR) is 64.9 cm³/mol. The average Bonchev–Trinajstić information content (AvgIpc) is 3.04. The summed E-state index contributed by atoms with van der Waals surface area (Å²) >= 11 is 0. The lowest BCUT2D eigenvalue weighted by atomic mass is 9.89. The first-order valence-corrected chi connectivity index (χ1v) is 6.26. The minimum absolute atomic E-state index is 0.178. The number of hydrogen-bond donors (Lipinski definition) is 2. The van der Waals surface area contributed by atoms with E-state index in [1.807, 2.05) is 13.8 Å². The maximum Gasteiger partial charge on any atom is 0.0683 e. The molecule has 0 atom stereocenters. The van der Waals surface area contributed by atoms with Crippen molar-refractivity contribution < 1.29 is 5.11 Å². The lowest BCUT2D eigenvalue weighted by Crippen LogP contribution is -2.27. The molecule has 3 heteroatoms. The first-order valence-electron chi connectivity index (χ1n) is 6.26. The second-order valence-electron chi connectivity index (χ2n) is 5.79. The van der Waals surface area contributed by atoms with Gasteiger partial charge in [0.15, 0.2) is 0 Å². The molecule has 0 aromatic heterocycles. The topological polar surface area (TPSA) is 56.0 Å². The summed E-state index contributed by atoms with van der Waals surface area (Å²) in [6.45, 7) is 6.26. The summed E-state index contributed by atoms with van der Waals surface area (Å²) < 4.78 is 0. The Balaban J connectivity index is 1.95. The zero-order valence-electron chi connectivity index (χ0n) is 10.6. The van der Waals surface area contributed by atoms with Gasteiger partial charge >= 0.3 is 0 Å². The number of nitrogens with zero attached hydrogens (tertiary/aromatic N) is 1. The van der Waals surface area contributed by atoms with E-state index in [1.54, 1.807) is 0 Å². The van der Waals surface area contributed by atoms with Gasteiger partial charge in [0.2, 0.25) is 0 Å². The molecule has 16 heavy (non-hydrogen) atoms. The van der Waals surface area contributed by atoms with Crippen LogP contribution in [0.25, 0.3) is 0 Å². The molecule has 0 radical (unpaired) electrons. The molecule has 1 saturated carbocycles. The lowest BCUT2D eigenvalue weighted by Gasteiger charge is -2.15. The predicted octanol–water partition coefficient (Wildman–Crippen LogP) is 2.07. The van der Waals surface area contributed by atoms with Crippen LogP contribution >= 0.6 is 0 Å². The fourth-order valence-electron chi connectivity index (χ4n) is 1.79. The van der Waals surface area contributed by atoms with Crippen molar-refractivity contribution in [1.29, 1.82) is 5.26 Å². The second-order valence-corrected chi connectivity index (χ2v) is 5.79. The van der Waals surface area contributed by atoms with Crippen molar-refractivity contribution in [3.63, 3.8) is 0 Å². The van der Waals surface area contributed by atoms with Gasteiger partial charge in [-0.25, -0.2) is 0 Å². The van der Waals surface area contributed by atoms with Gasteiger partial charge in [0.05, 0.1) is 11.5 Å². The second kappa shape index (κ2) is 5.65. The summed E-state index contributed by atoms with van der Waals surface area (Å²) in [5.74, 6) is 0. The average molecular weight is 224 g/mol. The minimum atomic E-state index is -0.178. The summed E-state index contributed by atoms with van der Waals surface area (Å²) in [5, 5.41) is 21.4. The SMILES string of the molecule is CC(C)(C#N)CCCCNCC1(CO)CC1. The molecule has 0 aliphatic heterocycles. The van der Waals surface area contributed by atoms with Crippen LogP contribution in [-0.4, -0.2) is 24.8 Å². The molecule has 1 aliphatic rings. The molecule has 0 heterocycles. The molecule has 1 fully saturated rings. The van der Waals surface area contributed by atoms with Gasteiger partial charge in [-0.05, 0) is 46.1 Å². The van der Waals surface area contributed by atoms with Crippen LogP contribution in [0.1, 0.15) is 46.0 Å². The zero-order valence-corrected chi connectivity index (χ0v) is 10.6. The molecule has 3 nitrogen and oxygen atoms in total. The van der Waals surface area contributed by atoms with E-state index in [4.69, 9.17) is 10.4 Å². The van der Waals surface area contributed by atoms with Crippen molar-refractivity contribution in [3.05, 3.63) is 0 Å². The van der Waals surface area contributed by atoms with E-state index < -0.39 is 0 Å². The molecule has 1 rings (SSSR count). The number of unbranched alkanes of at least 4 members (excludes halogenated alkanes) is 1. The number of hydrogen-bond acceptors (Lipinski definition) is 3. The maximum atomic E-state index is 9.12. The van der Waals surface area contributed by atoms with Crippen LogP contribution in [0, 0.1) is 22.2 Å². The molecule has 1 aliphatic carbocycles. The molecular weight excluding hydrogens is 200 g/mol. The van der Waals surface area contributed by atoms with Gasteiger partial charge in [-0.1, -0.05) is 6.42 Å². The van der Waals surface area contributed by atoms with Crippen molar-refractivity contribution in [2.75, 3.05) is 19.7 Å². The Labute approximate surface area is 98.8 Å². The molecule has 0 aromatic rings. The number of rotatable bonds is 8. The van der Waals surface area contributed by atoms with E-state index in [-0.39, 0.29) is 10.8 Å². The van der Waals surface area contributed by atoms with Gasteiger partial charge < -0.3 is 10.4 Å². The molecule has 0 amide bonds. The van der Waals surface area contributed by atoms with Gasteiger partial charge in [0, 0.05) is 18.6 Å². The third kappa shape index (κ3) is 4.51. The fourth-order valence-corrected chi connectivity index (χ4v) is 1.79. The summed E-state index contributed by atoms with van der Waals surface area (Å²) in [6.07, 6.45) is 5.51. The van der Waals surface area contributed by atoms with E-state index in [0.29, 0.717) is 6.61 Å². The van der Waals surface area contributed by atoms with Crippen molar-refractivity contribution in [2.24, 2.45) is 10.8 Å². The van der Waals surface area contributed by atoms with Gasteiger partial charge in [0.25, 0.3) is 0 Å². The monoisotopic (exact) mass is 224 g/mol. The van der Waals surface area contributed by atoms with E-state index in [9.17, 15) is 0 Å². The largest absolute Gasteiger partial charge is 0.396 e. The van der Waals surface area contributed by atoms with E-state index in [2.05, 4.69) is 11.4 Å². The molecule has 0 saturated heterocycles. The van der Waals surface area contributed by atoms with Crippen LogP contribution < -0.4 is 5.32 Å². The number of aliphatic hydroxyl groups is 1. The first-order chi connectivity index (χ1) is 7.54. The minimum Gasteiger partial charge on any atom is -0.396 e. The van der Waals surface area contributed by atoms with Crippen LogP contribution in [0.4, 0.5) is 0 Å². The lowest BCUT2D eigenvalue weighted by molar-refractivity contribution is 0.207. The van der Waals surface area contributed by atoms with Gasteiger partial charge in [-0.3, -0.25) is 0 Å². The van der Waals surface area contributed by atoms with Gasteiger partial charge in [0.1, 0.15) is 0 Å². The molecule has 0 bridgehead atoms. The highest BCUT2D eigenvalue weighted by atomic mass is 16.3. The van der Waals surface area contributed by atoms with E-state index in [0.717, 1.165) is 45.2 Å². The van der Waals surface area contributed by atoms with Gasteiger partial charge in [-0.15, -0.1) is 0 Å². The highest BCUT2D eigenvalue weighted by Gasteiger charge is 2.41. The Morgan fingerprint density at radius 1 is 1.38 bits per heavy atom. The smallest absolute Gasteiger partial charge is 0.0683 e. The summed E-state index contributed by atoms with van der Waals surface area (Å²) in [7, 11) is 0. The summed E-state index contributed by atoms with van der Waals surface area (Å²) in [5.41, 5.74) is 0.0364. The van der Waals surface area contributed by atoms with Crippen molar-refractivity contribution in [3.8, 4) is 6.07 Å². The van der Waals surface area contributed by atoms with Crippen LogP contribution in [0.15, 0.2) is 0 Å². The fraction of sp³-hybridized carbons (Fsp3) is 0.923. The summed E-state index contributed by atoms with van der Waals surface area (Å²) in [4.78, 5) is 0.